The topological polar surface area (TPSA) is 113 Å². The van der Waals surface area contributed by atoms with Crippen molar-refractivity contribution in [2.45, 2.75) is 0 Å². The maximum atomic E-state index is 10.7. The lowest BCUT2D eigenvalue weighted by Gasteiger charge is -2.23. The molecular weight excluding hydrogens is 240 g/mol. The molecule has 4 N–H and O–H groups in total. The zero-order chi connectivity index (χ0) is 13.7. The molecule has 0 aliphatic carbocycles. The molecule has 0 bridgehead atoms. The fourth-order valence-electron chi connectivity index (χ4n) is 1.51. The highest BCUT2D eigenvalue weighted by Gasteiger charge is 2.18. The number of hydrogen-bond donors (Lipinski definition) is 3. The average Bonchev–Trinajstić information content (AvgIpc) is 2.26. The highest BCUT2D eigenvalue weighted by atomic mass is 16.5. The van der Waals surface area contributed by atoms with Gasteiger partial charge in [0.1, 0.15) is 18.8 Å². The van der Waals surface area contributed by atoms with Gasteiger partial charge in [0.2, 0.25) is 0 Å². The number of rotatable bonds is 6. The summed E-state index contributed by atoms with van der Waals surface area (Å²) in [5.74, 6) is -1.91. The predicted octanol–water partition coefficient (Wildman–Crippen LogP) is 0.253. The van der Waals surface area contributed by atoms with E-state index in [9.17, 15) is 9.59 Å². The Morgan fingerprint density at radius 3 is 2.28 bits per heavy atom. The molecule has 0 unspecified atom stereocenters. The summed E-state index contributed by atoms with van der Waals surface area (Å²) in [6, 6.07) is 4.62. The van der Waals surface area contributed by atoms with Gasteiger partial charge in [0.15, 0.2) is 0 Å². The molecule has 0 amide bonds. The lowest BCUT2D eigenvalue weighted by Crippen LogP contribution is -2.34. The molecule has 1 rings (SSSR count). The number of carboxylic acids is 2. The first-order chi connectivity index (χ1) is 8.43. The molecule has 0 saturated carbocycles. The van der Waals surface area contributed by atoms with Gasteiger partial charge in [0.05, 0.1) is 12.8 Å². The minimum atomic E-state index is -1.14. The molecule has 0 atom stereocenters. The number of nitrogen functional groups attached to an aromatic ring is 1. The van der Waals surface area contributed by atoms with E-state index in [1.54, 1.807) is 12.1 Å². The summed E-state index contributed by atoms with van der Waals surface area (Å²) in [6.07, 6.45) is 0. The Morgan fingerprint density at radius 2 is 1.83 bits per heavy atom. The van der Waals surface area contributed by atoms with E-state index in [-0.39, 0.29) is 0 Å². The zero-order valence-electron chi connectivity index (χ0n) is 9.79. The van der Waals surface area contributed by atoms with Gasteiger partial charge in [-0.3, -0.25) is 9.59 Å². The van der Waals surface area contributed by atoms with E-state index in [0.29, 0.717) is 17.1 Å². The van der Waals surface area contributed by atoms with Crippen molar-refractivity contribution < 1.29 is 24.5 Å². The van der Waals surface area contributed by atoms with Crippen molar-refractivity contribution in [2.24, 2.45) is 0 Å². The third-order valence-electron chi connectivity index (χ3n) is 2.20. The molecule has 18 heavy (non-hydrogen) atoms. The number of carbonyl (C=O) groups is 2. The molecule has 1 aromatic carbocycles. The van der Waals surface area contributed by atoms with Crippen molar-refractivity contribution in [3.8, 4) is 5.75 Å². The Kier molecular flexibility index (Phi) is 4.36. The van der Waals surface area contributed by atoms with Crippen LogP contribution in [0.4, 0.5) is 11.4 Å². The van der Waals surface area contributed by atoms with Crippen LogP contribution in [0.15, 0.2) is 18.2 Å². The molecule has 1 aromatic rings. The summed E-state index contributed by atoms with van der Waals surface area (Å²) >= 11 is 0. The summed E-state index contributed by atoms with van der Waals surface area (Å²) in [6.45, 7) is -0.905. The molecule has 0 fully saturated rings. The van der Waals surface area contributed by atoms with E-state index in [1.807, 2.05) is 0 Å². The van der Waals surface area contributed by atoms with Gasteiger partial charge < -0.3 is 25.6 Å². The Hall–Kier alpha value is -2.44. The molecule has 0 saturated heterocycles. The van der Waals surface area contributed by atoms with Crippen LogP contribution in [0.3, 0.4) is 0 Å². The van der Waals surface area contributed by atoms with E-state index < -0.39 is 25.0 Å². The monoisotopic (exact) mass is 254 g/mol. The van der Waals surface area contributed by atoms with Crippen molar-refractivity contribution in [1.82, 2.24) is 0 Å². The Morgan fingerprint density at radius 1 is 1.28 bits per heavy atom. The number of hydrogen-bond acceptors (Lipinski definition) is 5. The number of nitrogens with two attached hydrogens (primary N) is 1. The fraction of sp³-hybridized carbons (Fsp3) is 0.273. The second-order valence-corrected chi connectivity index (χ2v) is 3.57. The molecule has 0 spiro atoms. The SMILES string of the molecule is COc1ccc(N)cc1N(CC(=O)O)CC(=O)O. The Balaban J connectivity index is 3.13. The molecule has 0 aliphatic heterocycles. The average molecular weight is 254 g/mol. The van der Waals surface area contributed by atoms with E-state index in [4.69, 9.17) is 20.7 Å². The largest absolute Gasteiger partial charge is 0.495 e. The first-order valence-corrected chi connectivity index (χ1v) is 5.06. The van der Waals surface area contributed by atoms with Crippen LogP contribution in [0.5, 0.6) is 5.75 Å². The number of aliphatic carboxylic acids is 2. The molecule has 7 heteroatoms. The lowest BCUT2D eigenvalue weighted by atomic mass is 10.2. The van der Waals surface area contributed by atoms with Crippen molar-refractivity contribution >= 4 is 23.3 Å². The van der Waals surface area contributed by atoms with Gasteiger partial charge in [0, 0.05) is 5.69 Å². The van der Waals surface area contributed by atoms with E-state index in [2.05, 4.69) is 0 Å². The summed E-state index contributed by atoms with van der Waals surface area (Å²) in [5.41, 5.74) is 6.33. The fourth-order valence-corrected chi connectivity index (χ4v) is 1.51. The predicted molar refractivity (Wildman–Crippen MR) is 64.9 cm³/mol. The number of ether oxygens (including phenoxy) is 1. The molecule has 98 valence electrons. The maximum Gasteiger partial charge on any atom is 0.323 e. The third-order valence-corrected chi connectivity index (χ3v) is 2.20. The number of anilines is 2. The van der Waals surface area contributed by atoms with Crippen LogP contribution < -0.4 is 15.4 Å². The molecule has 0 radical (unpaired) electrons. The maximum absolute atomic E-state index is 10.7. The van der Waals surface area contributed by atoms with E-state index in [0.717, 1.165) is 0 Å². The van der Waals surface area contributed by atoms with Gasteiger partial charge in [-0.05, 0) is 18.2 Å². The number of carboxylic acid groups (broad SMARTS) is 2. The summed E-state index contributed by atoms with van der Waals surface area (Å²) in [7, 11) is 1.41. The molecule has 0 heterocycles. The van der Waals surface area contributed by atoms with Gasteiger partial charge >= 0.3 is 11.9 Å². The standard InChI is InChI=1S/C11H14N2O5/c1-18-9-3-2-7(12)4-8(9)13(5-10(14)15)6-11(16)17/h2-4H,5-6,12H2,1H3,(H,14,15)(H,16,17). The second-order valence-electron chi connectivity index (χ2n) is 3.57. The van der Waals surface area contributed by atoms with Crippen LogP contribution in [-0.2, 0) is 9.59 Å². The van der Waals surface area contributed by atoms with Gasteiger partial charge in [0.25, 0.3) is 0 Å². The highest BCUT2D eigenvalue weighted by molar-refractivity contribution is 5.81. The minimum absolute atomic E-state index is 0.335. The smallest absolute Gasteiger partial charge is 0.323 e. The van der Waals surface area contributed by atoms with E-state index in [1.165, 1.54) is 18.1 Å². The van der Waals surface area contributed by atoms with Crippen LogP contribution in [0.2, 0.25) is 0 Å². The van der Waals surface area contributed by atoms with Gasteiger partial charge in [-0.1, -0.05) is 0 Å². The summed E-state index contributed by atoms with van der Waals surface area (Å²) in [4.78, 5) is 22.7. The second kappa shape index (κ2) is 5.76. The van der Waals surface area contributed by atoms with Crippen LogP contribution >= 0.6 is 0 Å². The number of benzene rings is 1. The Labute approximate surface area is 103 Å². The lowest BCUT2D eigenvalue weighted by molar-refractivity contribution is -0.136. The minimum Gasteiger partial charge on any atom is -0.495 e. The van der Waals surface area contributed by atoms with E-state index >= 15 is 0 Å². The van der Waals surface area contributed by atoms with Gasteiger partial charge in [-0.15, -0.1) is 0 Å². The van der Waals surface area contributed by atoms with Crippen molar-refractivity contribution in [3.05, 3.63) is 18.2 Å². The van der Waals surface area contributed by atoms with Crippen molar-refractivity contribution in [2.75, 3.05) is 30.8 Å². The zero-order valence-corrected chi connectivity index (χ0v) is 9.79. The highest BCUT2D eigenvalue weighted by Crippen LogP contribution is 2.30. The summed E-state index contributed by atoms with van der Waals surface area (Å²) < 4.78 is 5.06. The first kappa shape index (κ1) is 13.6. The quantitative estimate of drug-likeness (QED) is 0.623. The van der Waals surface area contributed by atoms with Crippen LogP contribution in [0.1, 0.15) is 0 Å². The number of methoxy groups -OCH3 is 1. The molecular formula is C11H14N2O5. The van der Waals surface area contributed by atoms with Crippen LogP contribution in [-0.4, -0.2) is 42.4 Å². The summed E-state index contributed by atoms with van der Waals surface area (Å²) in [5, 5.41) is 17.6. The van der Waals surface area contributed by atoms with Gasteiger partial charge in [-0.25, -0.2) is 0 Å². The normalized spacial score (nSPS) is 9.83. The third kappa shape index (κ3) is 3.55. The van der Waals surface area contributed by atoms with Gasteiger partial charge in [-0.2, -0.15) is 0 Å². The van der Waals surface area contributed by atoms with Crippen molar-refractivity contribution in [1.29, 1.82) is 0 Å². The van der Waals surface area contributed by atoms with Crippen molar-refractivity contribution in [3.63, 3.8) is 0 Å². The molecule has 7 nitrogen and oxygen atoms in total. The van der Waals surface area contributed by atoms with Crippen LogP contribution in [0.25, 0.3) is 0 Å². The Bertz CT molecular complexity index is 445. The number of nitrogens with zero attached hydrogens (tertiary/aromatic N) is 1. The molecule has 0 aromatic heterocycles. The first-order valence-electron chi connectivity index (χ1n) is 5.06. The molecule has 0 aliphatic rings. The van der Waals surface area contributed by atoms with Crippen LogP contribution in [0, 0.1) is 0 Å².